The summed E-state index contributed by atoms with van der Waals surface area (Å²) in [5.41, 5.74) is 8.00. The number of hydrogen-bond donors (Lipinski definition) is 1. The van der Waals surface area contributed by atoms with Gasteiger partial charge in [-0.2, -0.15) is 0 Å². The Morgan fingerprint density at radius 3 is 2.78 bits per heavy atom. The number of rotatable bonds is 1. The molecular formula is C13H8ClFN2O. The zero-order valence-electron chi connectivity index (χ0n) is 9.15. The number of nitrogens with two attached hydrogens (primary N) is 1. The summed E-state index contributed by atoms with van der Waals surface area (Å²) < 4.78 is 18.4. The number of anilines is 1. The molecule has 2 aromatic carbocycles. The normalized spacial score (nSPS) is 11.0. The number of fused-ring (bicyclic) bond motifs is 1. The highest BCUT2D eigenvalue weighted by Crippen LogP contribution is 2.31. The van der Waals surface area contributed by atoms with Crippen molar-refractivity contribution in [1.29, 1.82) is 0 Å². The summed E-state index contributed by atoms with van der Waals surface area (Å²) >= 11 is 5.86. The lowest BCUT2D eigenvalue weighted by Gasteiger charge is -2.01. The van der Waals surface area contributed by atoms with Gasteiger partial charge in [-0.15, -0.1) is 0 Å². The van der Waals surface area contributed by atoms with Crippen LogP contribution in [0.15, 0.2) is 40.9 Å². The third kappa shape index (κ3) is 1.71. The van der Waals surface area contributed by atoms with Gasteiger partial charge in [-0.1, -0.05) is 22.8 Å². The van der Waals surface area contributed by atoms with Gasteiger partial charge in [0.15, 0.2) is 5.58 Å². The van der Waals surface area contributed by atoms with Crippen molar-refractivity contribution < 1.29 is 8.91 Å². The molecule has 0 unspecified atom stereocenters. The van der Waals surface area contributed by atoms with Gasteiger partial charge in [0.05, 0.1) is 16.1 Å². The average Bonchev–Trinajstić information content (AvgIpc) is 2.75. The van der Waals surface area contributed by atoms with Crippen LogP contribution in [0.2, 0.25) is 5.02 Å². The summed E-state index contributed by atoms with van der Waals surface area (Å²) in [5.74, 6) is -0.339. The Kier molecular flexibility index (Phi) is 2.45. The van der Waals surface area contributed by atoms with Crippen molar-refractivity contribution in [1.82, 2.24) is 5.16 Å². The minimum Gasteiger partial charge on any atom is -0.398 e. The lowest BCUT2D eigenvalue weighted by Crippen LogP contribution is -1.87. The van der Waals surface area contributed by atoms with Crippen LogP contribution < -0.4 is 5.73 Å². The maximum absolute atomic E-state index is 13.2. The van der Waals surface area contributed by atoms with Crippen LogP contribution in [0.3, 0.4) is 0 Å². The highest BCUT2D eigenvalue weighted by Gasteiger charge is 2.12. The van der Waals surface area contributed by atoms with Crippen molar-refractivity contribution in [2.75, 3.05) is 5.73 Å². The molecule has 0 aliphatic carbocycles. The number of aromatic nitrogens is 1. The number of hydrogen-bond acceptors (Lipinski definition) is 3. The summed E-state index contributed by atoms with van der Waals surface area (Å²) in [6.45, 7) is 0. The van der Waals surface area contributed by atoms with Crippen LogP contribution in [0.25, 0.3) is 22.2 Å². The molecule has 0 aliphatic heterocycles. The van der Waals surface area contributed by atoms with Crippen LogP contribution >= 0.6 is 11.6 Å². The predicted molar refractivity (Wildman–Crippen MR) is 68.8 cm³/mol. The molecular weight excluding hydrogens is 255 g/mol. The van der Waals surface area contributed by atoms with Crippen LogP contribution in [0.5, 0.6) is 0 Å². The molecule has 90 valence electrons. The number of nitrogens with zero attached hydrogens (tertiary/aromatic N) is 1. The van der Waals surface area contributed by atoms with Crippen LogP contribution in [-0.4, -0.2) is 5.16 Å². The van der Waals surface area contributed by atoms with Gasteiger partial charge in [0.2, 0.25) is 0 Å². The van der Waals surface area contributed by atoms with E-state index in [1.54, 1.807) is 24.3 Å². The van der Waals surface area contributed by atoms with Gasteiger partial charge in [0, 0.05) is 5.56 Å². The fourth-order valence-corrected chi connectivity index (χ4v) is 1.93. The maximum atomic E-state index is 13.2. The molecule has 0 bridgehead atoms. The second-order valence-corrected chi connectivity index (χ2v) is 4.32. The van der Waals surface area contributed by atoms with Crippen molar-refractivity contribution in [2.24, 2.45) is 0 Å². The number of halogens is 2. The van der Waals surface area contributed by atoms with E-state index in [2.05, 4.69) is 5.16 Å². The molecule has 1 aromatic heterocycles. The Labute approximate surface area is 107 Å². The third-order valence-electron chi connectivity index (χ3n) is 2.70. The summed E-state index contributed by atoms with van der Waals surface area (Å²) in [6, 6.07) is 9.37. The summed E-state index contributed by atoms with van der Waals surface area (Å²) in [7, 11) is 0. The summed E-state index contributed by atoms with van der Waals surface area (Å²) in [6.07, 6.45) is 0. The summed E-state index contributed by atoms with van der Waals surface area (Å²) in [4.78, 5) is 0. The quantitative estimate of drug-likeness (QED) is 0.677. The van der Waals surface area contributed by atoms with E-state index >= 15 is 0 Å². The molecule has 0 fully saturated rings. The van der Waals surface area contributed by atoms with E-state index in [1.165, 1.54) is 12.1 Å². The Bertz CT molecular complexity index is 739. The Morgan fingerprint density at radius 2 is 2.00 bits per heavy atom. The molecule has 0 atom stereocenters. The van der Waals surface area contributed by atoms with E-state index in [4.69, 9.17) is 21.9 Å². The molecule has 3 aromatic rings. The zero-order valence-corrected chi connectivity index (χ0v) is 9.91. The van der Waals surface area contributed by atoms with Gasteiger partial charge in [-0.25, -0.2) is 4.39 Å². The van der Waals surface area contributed by atoms with Gasteiger partial charge in [-0.3, -0.25) is 0 Å². The van der Waals surface area contributed by atoms with Crippen LogP contribution in [-0.2, 0) is 0 Å². The lowest BCUT2D eigenvalue weighted by molar-refractivity contribution is 0.459. The zero-order chi connectivity index (χ0) is 12.7. The van der Waals surface area contributed by atoms with E-state index in [1.807, 2.05) is 0 Å². The molecule has 0 spiro atoms. The average molecular weight is 263 g/mol. The van der Waals surface area contributed by atoms with Gasteiger partial charge in [-0.05, 0) is 30.3 Å². The van der Waals surface area contributed by atoms with Crippen molar-refractivity contribution >= 4 is 28.3 Å². The molecule has 2 N–H and O–H groups in total. The summed E-state index contributed by atoms with van der Waals surface area (Å²) in [5, 5.41) is 5.02. The third-order valence-corrected chi connectivity index (χ3v) is 3.05. The number of nitrogen functional groups attached to an aromatic ring is 1. The molecule has 0 radical (unpaired) electrons. The Morgan fingerprint density at radius 1 is 1.17 bits per heavy atom. The molecule has 0 saturated carbocycles. The minimum atomic E-state index is -0.339. The molecule has 5 heteroatoms. The largest absolute Gasteiger partial charge is 0.398 e. The second kappa shape index (κ2) is 3.99. The van der Waals surface area contributed by atoms with Crippen LogP contribution in [0, 0.1) is 5.82 Å². The smallest absolute Gasteiger partial charge is 0.167 e. The van der Waals surface area contributed by atoms with Crippen molar-refractivity contribution in [2.45, 2.75) is 0 Å². The fourth-order valence-electron chi connectivity index (χ4n) is 1.81. The van der Waals surface area contributed by atoms with Crippen molar-refractivity contribution in [3.05, 3.63) is 47.2 Å². The van der Waals surface area contributed by atoms with Gasteiger partial charge in [0.1, 0.15) is 11.5 Å². The van der Waals surface area contributed by atoms with Crippen molar-refractivity contribution in [3.8, 4) is 11.3 Å². The molecule has 1 heterocycles. The topological polar surface area (TPSA) is 52.0 Å². The highest BCUT2D eigenvalue weighted by atomic mass is 35.5. The molecule has 18 heavy (non-hydrogen) atoms. The first kappa shape index (κ1) is 11.0. The van der Waals surface area contributed by atoms with Crippen LogP contribution in [0.4, 0.5) is 10.1 Å². The van der Waals surface area contributed by atoms with E-state index in [0.717, 1.165) is 5.56 Å². The molecule has 0 saturated heterocycles. The van der Waals surface area contributed by atoms with Crippen molar-refractivity contribution in [3.63, 3.8) is 0 Å². The van der Waals surface area contributed by atoms with E-state index < -0.39 is 0 Å². The molecule has 3 nitrogen and oxygen atoms in total. The Balaban J connectivity index is 2.24. The second-order valence-electron chi connectivity index (χ2n) is 3.91. The molecule has 3 rings (SSSR count). The lowest BCUT2D eigenvalue weighted by atomic mass is 10.1. The monoisotopic (exact) mass is 262 g/mol. The predicted octanol–water partition coefficient (Wildman–Crippen LogP) is 3.87. The Hall–Kier alpha value is -2.07. The molecule has 0 amide bonds. The van der Waals surface area contributed by atoms with E-state index in [9.17, 15) is 4.39 Å². The SMILES string of the molecule is Nc1cc(-c2noc3ccc(F)cc23)ccc1Cl. The maximum Gasteiger partial charge on any atom is 0.167 e. The standard InChI is InChI=1S/C13H8ClFN2O/c14-10-3-1-7(5-11(10)16)13-9-6-8(15)2-4-12(9)18-17-13/h1-6H,16H2. The first-order valence-electron chi connectivity index (χ1n) is 5.25. The number of benzene rings is 2. The first-order valence-corrected chi connectivity index (χ1v) is 5.63. The fraction of sp³-hybridized carbons (Fsp3) is 0. The first-order chi connectivity index (χ1) is 8.65. The van der Waals surface area contributed by atoms with Gasteiger partial charge < -0.3 is 10.3 Å². The molecule has 0 aliphatic rings. The highest BCUT2D eigenvalue weighted by molar-refractivity contribution is 6.33. The van der Waals surface area contributed by atoms with Gasteiger partial charge >= 0.3 is 0 Å². The minimum absolute atomic E-state index is 0.339. The van der Waals surface area contributed by atoms with E-state index in [-0.39, 0.29) is 5.82 Å². The van der Waals surface area contributed by atoms with Crippen LogP contribution in [0.1, 0.15) is 0 Å². The van der Waals surface area contributed by atoms with E-state index in [0.29, 0.717) is 27.4 Å². The van der Waals surface area contributed by atoms with Gasteiger partial charge in [0.25, 0.3) is 0 Å².